The number of ether oxygens (including phenoxy) is 1. The molecule has 0 bridgehead atoms. The summed E-state index contributed by atoms with van der Waals surface area (Å²) in [6.45, 7) is -0.740. The maximum Gasteiger partial charge on any atom is 0.357 e. The largest absolute Gasteiger partial charge is 0.451 e. The van der Waals surface area contributed by atoms with Crippen LogP contribution in [0.4, 0.5) is 18.9 Å². The molecule has 1 amide bonds. The highest BCUT2D eigenvalue weighted by Crippen LogP contribution is 2.39. The van der Waals surface area contributed by atoms with Gasteiger partial charge >= 0.3 is 5.97 Å². The summed E-state index contributed by atoms with van der Waals surface area (Å²) in [4.78, 5) is 24.6. The number of carbonyl (C=O) groups is 2. The Kier molecular flexibility index (Phi) is 5.26. The van der Waals surface area contributed by atoms with Crippen LogP contribution in [0, 0.1) is 17.5 Å². The lowest BCUT2D eigenvalue weighted by Gasteiger charge is -2.09. The van der Waals surface area contributed by atoms with Crippen molar-refractivity contribution in [3.8, 4) is 5.69 Å². The van der Waals surface area contributed by atoms with Crippen molar-refractivity contribution >= 4 is 17.6 Å². The Hall–Kier alpha value is -3.62. The number of para-hydroxylation sites is 1. The molecule has 0 aliphatic heterocycles. The standard InChI is InChI=1S/C21H16F3N3O3/c22-14-8-9-15(20(24)19(14)23)25-18(28)11-30-21(29)17-10-16(12-6-7-12)26-27(17)13-4-2-1-3-5-13/h1-5,8-10,12H,6-7,11H2,(H,25,28). The Morgan fingerprint density at radius 2 is 1.80 bits per heavy atom. The summed E-state index contributed by atoms with van der Waals surface area (Å²) in [5.41, 5.74) is 1.01. The number of esters is 1. The van der Waals surface area contributed by atoms with Crippen LogP contribution in [0.5, 0.6) is 0 Å². The molecule has 1 N–H and O–H groups in total. The summed E-state index contributed by atoms with van der Waals surface area (Å²) < 4.78 is 46.4. The Bertz CT molecular complexity index is 1110. The van der Waals surface area contributed by atoms with E-state index < -0.39 is 41.6 Å². The van der Waals surface area contributed by atoms with Crippen LogP contribution >= 0.6 is 0 Å². The molecule has 6 nitrogen and oxygen atoms in total. The lowest BCUT2D eigenvalue weighted by atomic mass is 10.2. The van der Waals surface area contributed by atoms with E-state index in [1.165, 1.54) is 4.68 Å². The first-order chi connectivity index (χ1) is 14.4. The van der Waals surface area contributed by atoms with Gasteiger partial charge in [0.2, 0.25) is 0 Å². The molecular formula is C21H16F3N3O3. The van der Waals surface area contributed by atoms with E-state index >= 15 is 0 Å². The van der Waals surface area contributed by atoms with Gasteiger partial charge < -0.3 is 10.1 Å². The Balaban J connectivity index is 1.46. The summed E-state index contributed by atoms with van der Waals surface area (Å²) in [5.74, 6) is -6.02. The zero-order valence-corrected chi connectivity index (χ0v) is 15.6. The molecular weight excluding hydrogens is 399 g/mol. The molecule has 0 saturated heterocycles. The number of nitrogens with zero attached hydrogens (tertiary/aromatic N) is 2. The quantitative estimate of drug-likeness (QED) is 0.489. The molecule has 1 saturated carbocycles. The van der Waals surface area contributed by atoms with Crippen LogP contribution in [0.15, 0.2) is 48.5 Å². The van der Waals surface area contributed by atoms with Crippen LogP contribution in [-0.2, 0) is 9.53 Å². The number of benzene rings is 2. The first-order valence-corrected chi connectivity index (χ1v) is 9.20. The van der Waals surface area contributed by atoms with Gasteiger partial charge in [-0.3, -0.25) is 4.79 Å². The second-order valence-corrected chi connectivity index (χ2v) is 6.82. The van der Waals surface area contributed by atoms with Gasteiger partial charge in [0.1, 0.15) is 0 Å². The zero-order valence-electron chi connectivity index (χ0n) is 15.6. The van der Waals surface area contributed by atoms with E-state index in [9.17, 15) is 22.8 Å². The fourth-order valence-electron chi connectivity index (χ4n) is 2.90. The zero-order chi connectivity index (χ0) is 21.3. The van der Waals surface area contributed by atoms with Gasteiger partial charge in [-0.15, -0.1) is 0 Å². The minimum Gasteiger partial charge on any atom is -0.451 e. The third-order valence-electron chi connectivity index (χ3n) is 4.58. The molecule has 1 heterocycles. The van der Waals surface area contributed by atoms with Gasteiger partial charge in [0.15, 0.2) is 29.8 Å². The van der Waals surface area contributed by atoms with Crippen molar-refractivity contribution in [1.82, 2.24) is 9.78 Å². The molecule has 0 spiro atoms. The molecule has 30 heavy (non-hydrogen) atoms. The van der Waals surface area contributed by atoms with Crippen molar-refractivity contribution in [3.05, 3.63) is 77.4 Å². The second kappa shape index (κ2) is 8.02. The van der Waals surface area contributed by atoms with E-state index in [-0.39, 0.29) is 5.69 Å². The van der Waals surface area contributed by atoms with Crippen LogP contribution < -0.4 is 5.32 Å². The van der Waals surface area contributed by atoms with Crippen molar-refractivity contribution in [3.63, 3.8) is 0 Å². The predicted octanol–water partition coefficient (Wildman–Crippen LogP) is 3.96. The summed E-state index contributed by atoms with van der Waals surface area (Å²) in [7, 11) is 0. The van der Waals surface area contributed by atoms with E-state index in [0.717, 1.165) is 24.6 Å². The van der Waals surface area contributed by atoms with E-state index in [0.29, 0.717) is 17.7 Å². The maximum absolute atomic E-state index is 13.7. The Labute approximate surface area is 169 Å². The fraction of sp³-hybridized carbons (Fsp3) is 0.190. The van der Waals surface area contributed by atoms with Crippen molar-refractivity contribution in [2.75, 3.05) is 11.9 Å². The number of anilines is 1. The summed E-state index contributed by atoms with van der Waals surface area (Å²) >= 11 is 0. The lowest BCUT2D eigenvalue weighted by molar-refractivity contribution is -0.119. The molecule has 2 aromatic carbocycles. The predicted molar refractivity (Wildman–Crippen MR) is 101 cm³/mol. The minimum atomic E-state index is -1.70. The van der Waals surface area contributed by atoms with Gasteiger partial charge in [0, 0.05) is 5.92 Å². The smallest absolute Gasteiger partial charge is 0.357 e. The van der Waals surface area contributed by atoms with Crippen LogP contribution in [0.3, 0.4) is 0 Å². The first-order valence-electron chi connectivity index (χ1n) is 9.20. The van der Waals surface area contributed by atoms with Crippen LogP contribution in [0.25, 0.3) is 5.69 Å². The molecule has 1 aliphatic rings. The van der Waals surface area contributed by atoms with Crippen LogP contribution in [0.2, 0.25) is 0 Å². The molecule has 9 heteroatoms. The number of nitrogens with one attached hydrogen (secondary N) is 1. The van der Waals surface area contributed by atoms with Gasteiger partial charge in [-0.1, -0.05) is 18.2 Å². The van der Waals surface area contributed by atoms with Gasteiger partial charge in [-0.2, -0.15) is 5.10 Å². The third-order valence-corrected chi connectivity index (χ3v) is 4.58. The number of amides is 1. The summed E-state index contributed by atoms with van der Waals surface area (Å²) in [6.07, 6.45) is 1.98. The van der Waals surface area contributed by atoms with Crippen molar-refractivity contribution in [2.24, 2.45) is 0 Å². The molecule has 1 aliphatic carbocycles. The average molecular weight is 415 g/mol. The number of halogens is 3. The minimum absolute atomic E-state index is 0.148. The maximum atomic E-state index is 13.7. The van der Waals surface area contributed by atoms with E-state index in [2.05, 4.69) is 5.10 Å². The SMILES string of the molecule is O=C(COC(=O)c1cc(C2CC2)nn1-c1ccccc1)Nc1ccc(F)c(F)c1F. The van der Waals surface area contributed by atoms with Gasteiger partial charge in [-0.05, 0) is 43.2 Å². The van der Waals surface area contributed by atoms with E-state index in [4.69, 9.17) is 4.74 Å². The van der Waals surface area contributed by atoms with Crippen molar-refractivity contribution in [1.29, 1.82) is 0 Å². The van der Waals surface area contributed by atoms with Crippen molar-refractivity contribution in [2.45, 2.75) is 18.8 Å². The van der Waals surface area contributed by atoms with Crippen LogP contribution in [0.1, 0.15) is 34.9 Å². The molecule has 1 fully saturated rings. The molecule has 3 aromatic rings. The number of hydrogen-bond acceptors (Lipinski definition) is 4. The second-order valence-electron chi connectivity index (χ2n) is 6.82. The highest BCUT2D eigenvalue weighted by molar-refractivity contribution is 5.95. The van der Waals surface area contributed by atoms with Gasteiger partial charge in [-0.25, -0.2) is 22.6 Å². The fourth-order valence-corrected chi connectivity index (χ4v) is 2.90. The Morgan fingerprint density at radius 1 is 1.07 bits per heavy atom. The van der Waals surface area contributed by atoms with Gasteiger partial charge in [0.25, 0.3) is 5.91 Å². The molecule has 1 aromatic heterocycles. The number of aromatic nitrogens is 2. The lowest BCUT2D eigenvalue weighted by Crippen LogP contribution is -2.23. The monoisotopic (exact) mass is 415 g/mol. The topological polar surface area (TPSA) is 73.2 Å². The van der Waals surface area contributed by atoms with Gasteiger partial charge in [0.05, 0.1) is 17.1 Å². The highest BCUT2D eigenvalue weighted by atomic mass is 19.2. The number of hydrogen-bond donors (Lipinski definition) is 1. The van der Waals surface area contributed by atoms with Crippen molar-refractivity contribution < 1.29 is 27.5 Å². The summed E-state index contributed by atoms with van der Waals surface area (Å²) in [6, 6.07) is 12.2. The number of rotatable bonds is 6. The molecule has 154 valence electrons. The van der Waals surface area contributed by atoms with E-state index in [1.54, 1.807) is 30.3 Å². The van der Waals surface area contributed by atoms with Crippen LogP contribution in [-0.4, -0.2) is 28.3 Å². The summed E-state index contributed by atoms with van der Waals surface area (Å²) in [5, 5.41) is 6.52. The number of carbonyl (C=O) groups excluding carboxylic acids is 2. The molecule has 0 atom stereocenters. The first kappa shape index (κ1) is 19.7. The molecule has 0 unspecified atom stereocenters. The Morgan fingerprint density at radius 3 is 2.50 bits per heavy atom. The third kappa shape index (κ3) is 4.05. The highest BCUT2D eigenvalue weighted by Gasteiger charge is 2.29. The molecule has 4 rings (SSSR count). The normalized spacial score (nSPS) is 13.2. The van der Waals surface area contributed by atoms with E-state index in [1.807, 2.05) is 11.4 Å². The average Bonchev–Trinajstić information content (AvgIpc) is 3.51. The molecule has 0 radical (unpaired) electrons.